The van der Waals surface area contributed by atoms with E-state index in [4.69, 9.17) is 19.5 Å². The highest BCUT2D eigenvalue weighted by Crippen LogP contribution is 2.40. The molecule has 0 aliphatic carbocycles. The molecule has 0 spiro atoms. The van der Waals surface area contributed by atoms with Crippen LogP contribution in [0.4, 0.5) is 18.9 Å². The smallest absolute Gasteiger partial charge is 0.492 e. The Morgan fingerprint density at radius 2 is 1.42 bits per heavy atom. The highest BCUT2D eigenvalue weighted by Gasteiger charge is 2.28. The second-order valence-corrected chi connectivity index (χ2v) is 17.1. The van der Waals surface area contributed by atoms with E-state index in [2.05, 4.69) is 20.0 Å². The zero-order valence-corrected chi connectivity index (χ0v) is 35.7. The number of halogens is 3. The van der Waals surface area contributed by atoms with E-state index in [1.54, 1.807) is 36.5 Å². The number of hydrogen-bond donors (Lipinski definition) is 5. The number of anilines is 1. The van der Waals surface area contributed by atoms with Crippen LogP contribution in [0.5, 0.6) is 11.5 Å². The third-order valence-corrected chi connectivity index (χ3v) is 12.5. The largest absolute Gasteiger partial charge is 0.494 e. The number of nitrogens with one attached hydrogen (secondary N) is 2. The van der Waals surface area contributed by atoms with Crippen LogP contribution in [0.1, 0.15) is 39.9 Å². The SMILES string of the molecule is O=C(N[C@@H](Cc1ccc(-c2cccc3c2OCCC3)c2ncccc12)C(=O)O)c1c(F)cc(NS(=O)(=O)c2ccc(-c3ccnc(F)c3)cc2)cc1F.OB(O)c1cccc2c1OCCC2. The first kappa shape index (κ1) is 45.3. The lowest BCUT2D eigenvalue weighted by atomic mass is 9.78. The van der Waals surface area contributed by atoms with Gasteiger partial charge in [-0.2, -0.15) is 4.39 Å². The summed E-state index contributed by atoms with van der Waals surface area (Å²) < 4.78 is 83.6. The number of aryl methyl sites for hydroxylation is 2. The summed E-state index contributed by atoms with van der Waals surface area (Å²) in [5.41, 5.74) is 4.67. The van der Waals surface area contributed by atoms with E-state index >= 15 is 8.78 Å². The van der Waals surface area contributed by atoms with Gasteiger partial charge in [-0.05, 0) is 89.9 Å². The van der Waals surface area contributed by atoms with Crippen LogP contribution >= 0.6 is 0 Å². The van der Waals surface area contributed by atoms with Gasteiger partial charge in [0.25, 0.3) is 15.9 Å². The van der Waals surface area contributed by atoms with Crippen molar-refractivity contribution in [2.75, 3.05) is 17.9 Å². The minimum atomic E-state index is -4.36. The van der Waals surface area contributed by atoms with Gasteiger partial charge in [0.1, 0.15) is 34.7 Å². The maximum atomic E-state index is 15.3. The Bertz CT molecular complexity index is 3060. The van der Waals surface area contributed by atoms with Gasteiger partial charge < -0.3 is 29.9 Å². The van der Waals surface area contributed by atoms with Crippen molar-refractivity contribution in [1.82, 2.24) is 15.3 Å². The summed E-state index contributed by atoms with van der Waals surface area (Å²) in [5, 5.41) is 31.0. The Balaban J connectivity index is 0.000000390. The zero-order valence-electron chi connectivity index (χ0n) is 34.9. The number of carboxylic acid groups (broad SMARTS) is 1. The molecule has 0 saturated heterocycles. The summed E-state index contributed by atoms with van der Waals surface area (Å²) in [6, 6.07) is 26.0. The van der Waals surface area contributed by atoms with Gasteiger partial charge in [0.15, 0.2) is 0 Å². The first-order valence-corrected chi connectivity index (χ1v) is 22.3. The fraction of sp³-hybridized carbons (Fsp3) is 0.167. The number of nitrogens with zero attached hydrogens (tertiary/aromatic N) is 2. The van der Waals surface area contributed by atoms with Crippen LogP contribution in [0.2, 0.25) is 0 Å². The van der Waals surface area contributed by atoms with E-state index in [0.717, 1.165) is 53.7 Å². The number of hydrogen-bond acceptors (Lipinski definition) is 10. The number of amides is 1. The lowest BCUT2D eigenvalue weighted by molar-refractivity contribution is -0.139. The van der Waals surface area contributed by atoms with E-state index in [9.17, 15) is 27.5 Å². The standard InChI is InChI=1S/C39H29F3N4O6S.C9H11BO3/c40-31-20-26(46-53(50,51)27-11-8-22(9-12-27)24-14-16-43-34(42)19-24)21-32(41)35(31)38(47)45-33(39(48)49)18-25-10-13-29(36-28(25)7-2-15-44-36)30-6-1-4-23-5-3-17-52-37(23)30;11-10(12)8-5-1-3-7-4-2-6-13-9(7)8/h1-2,4,6-16,19-21,33,46H,3,5,17-18H2,(H,45,47)(H,48,49);1,3,5,11-12H,2,4,6H2/t33-;/m0./s1. The third kappa shape index (κ3) is 9.85. The summed E-state index contributed by atoms with van der Waals surface area (Å²) in [6.07, 6.45) is 6.36. The van der Waals surface area contributed by atoms with Crippen LogP contribution in [-0.4, -0.2) is 71.8 Å². The van der Waals surface area contributed by atoms with Crippen molar-refractivity contribution < 1.29 is 55.8 Å². The number of carbonyl (C=O) groups excluding carboxylic acids is 1. The molecule has 5 aromatic carbocycles. The Morgan fingerprint density at radius 1 is 0.742 bits per heavy atom. The summed E-state index contributed by atoms with van der Waals surface area (Å²) in [5.74, 6) is -4.93. The minimum absolute atomic E-state index is 0.247. The molecular formula is C48H40BF3N4O9S. The molecule has 7 aromatic rings. The fourth-order valence-electron chi connectivity index (χ4n) is 7.97. The Hall–Kier alpha value is -7.28. The molecule has 2 aromatic heterocycles. The molecule has 1 atom stereocenters. The van der Waals surface area contributed by atoms with Crippen molar-refractivity contribution in [3.63, 3.8) is 0 Å². The van der Waals surface area contributed by atoms with Crippen LogP contribution in [0.3, 0.4) is 0 Å². The van der Waals surface area contributed by atoms with Crippen LogP contribution in [0.25, 0.3) is 33.2 Å². The normalized spacial score (nSPS) is 13.4. The molecule has 336 valence electrons. The number of fused-ring (bicyclic) bond motifs is 3. The van der Waals surface area contributed by atoms with Crippen molar-refractivity contribution in [3.05, 3.63) is 161 Å². The topological polar surface area (TPSA) is 197 Å². The van der Waals surface area contributed by atoms with E-state index < -0.39 is 63.9 Å². The van der Waals surface area contributed by atoms with Crippen molar-refractivity contribution in [2.45, 2.75) is 43.0 Å². The van der Waals surface area contributed by atoms with Gasteiger partial charge >= 0.3 is 13.1 Å². The van der Waals surface area contributed by atoms with Gasteiger partial charge in [0.05, 0.1) is 29.3 Å². The molecule has 2 aliphatic heterocycles. The maximum absolute atomic E-state index is 15.3. The van der Waals surface area contributed by atoms with Gasteiger partial charge in [-0.3, -0.25) is 14.5 Å². The van der Waals surface area contributed by atoms with Crippen molar-refractivity contribution in [1.29, 1.82) is 0 Å². The lowest BCUT2D eigenvalue weighted by Crippen LogP contribution is -2.43. The molecule has 2 aliphatic rings. The quantitative estimate of drug-likeness (QED) is 0.0691. The first-order chi connectivity index (χ1) is 31.8. The number of ether oxygens (including phenoxy) is 2. The van der Waals surface area contributed by atoms with E-state index in [0.29, 0.717) is 64.2 Å². The van der Waals surface area contributed by atoms with Gasteiger partial charge in [-0.25, -0.2) is 27.0 Å². The van der Waals surface area contributed by atoms with Gasteiger partial charge in [0.2, 0.25) is 5.95 Å². The molecule has 13 nitrogen and oxygen atoms in total. The number of para-hydroxylation sites is 2. The van der Waals surface area contributed by atoms with Crippen LogP contribution in [-0.2, 0) is 34.1 Å². The predicted molar refractivity (Wildman–Crippen MR) is 240 cm³/mol. The molecular weight excluding hydrogens is 876 g/mol. The van der Waals surface area contributed by atoms with Crippen LogP contribution in [0, 0.1) is 17.6 Å². The number of aliphatic carboxylic acids is 1. The second kappa shape index (κ2) is 19.4. The second-order valence-electron chi connectivity index (χ2n) is 15.5. The molecule has 0 saturated carbocycles. The Labute approximate surface area is 377 Å². The predicted octanol–water partition coefficient (Wildman–Crippen LogP) is 6.62. The highest BCUT2D eigenvalue weighted by molar-refractivity contribution is 7.92. The number of carbonyl (C=O) groups is 2. The molecule has 66 heavy (non-hydrogen) atoms. The van der Waals surface area contributed by atoms with E-state index in [1.165, 1.54) is 42.6 Å². The summed E-state index contributed by atoms with van der Waals surface area (Å²) in [6.45, 7) is 1.25. The first-order valence-electron chi connectivity index (χ1n) is 20.8. The van der Waals surface area contributed by atoms with E-state index in [1.807, 2.05) is 30.3 Å². The number of aromatic nitrogens is 2. The summed E-state index contributed by atoms with van der Waals surface area (Å²) >= 11 is 0. The fourth-order valence-corrected chi connectivity index (χ4v) is 9.01. The summed E-state index contributed by atoms with van der Waals surface area (Å²) in [7, 11) is -5.79. The number of sulfonamides is 1. The Kier molecular flexibility index (Phi) is 13.3. The van der Waals surface area contributed by atoms with Gasteiger partial charge in [-0.15, -0.1) is 0 Å². The van der Waals surface area contributed by atoms with Crippen molar-refractivity contribution >= 4 is 51.1 Å². The monoisotopic (exact) mass is 916 g/mol. The number of carboxylic acids is 1. The van der Waals surface area contributed by atoms with Crippen LogP contribution < -0.4 is 25.0 Å². The molecule has 18 heteroatoms. The molecule has 0 fully saturated rings. The molecule has 9 rings (SSSR count). The van der Waals surface area contributed by atoms with E-state index in [-0.39, 0.29) is 11.3 Å². The number of pyridine rings is 2. The molecule has 1 amide bonds. The molecule has 0 unspecified atom stereocenters. The Morgan fingerprint density at radius 3 is 2.11 bits per heavy atom. The van der Waals surface area contributed by atoms with Crippen molar-refractivity contribution in [3.8, 4) is 33.8 Å². The number of rotatable bonds is 11. The average molecular weight is 917 g/mol. The average Bonchev–Trinajstić information content (AvgIpc) is 3.31. The van der Waals surface area contributed by atoms with Gasteiger partial charge in [0, 0.05) is 46.9 Å². The number of benzene rings is 5. The third-order valence-electron chi connectivity index (χ3n) is 11.1. The minimum Gasteiger partial charge on any atom is -0.494 e. The lowest BCUT2D eigenvalue weighted by Gasteiger charge is -2.21. The maximum Gasteiger partial charge on any atom is 0.492 e. The molecule has 5 N–H and O–H groups in total. The van der Waals surface area contributed by atoms with Crippen molar-refractivity contribution in [2.24, 2.45) is 0 Å². The molecule has 4 heterocycles. The van der Waals surface area contributed by atoms with Crippen LogP contribution in [0.15, 0.2) is 126 Å². The molecule has 0 bridgehead atoms. The highest BCUT2D eigenvalue weighted by atomic mass is 32.2. The molecule has 0 radical (unpaired) electrons. The zero-order chi connectivity index (χ0) is 46.5. The summed E-state index contributed by atoms with van der Waals surface area (Å²) in [4.78, 5) is 33.3. The van der Waals surface area contributed by atoms with Gasteiger partial charge in [-0.1, -0.05) is 66.7 Å².